The van der Waals surface area contributed by atoms with Gasteiger partial charge in [0.15, 0.2) is 11.2 Å². The maximum atomic E-state index is 11.2. The first-order valence-corrected chi connectivity index (χ1v) is 8.12. The zero-order valence-electron chi connectivity index (χ0n) is 13.1. The van der Waals surface area contributed by atoms with Crippen LogP contribution < -0.4 is 4.74 Å². The first kappa shape index (κ1) is 16.2. The van der Waals surface area contributed by atoms with Gasteiger partial charge in [-0.2, -0.15) is 4.68 Å². The lowest BCUT2D eigenvalue weighted by Crippen LogP contribution is -2.15. The van der Waals surface area contributed by atoms with Gasteiger partial charge in [-0.1, -0.05) is 30.0 Å². The van der Waals surface area contributed by atoms with Crippen LogP contribution in [0.3, 0.4) is 0 Å². The minimum absolute atomic E-state index is 0.477. The molecule has 1 atom stereocenters. The molecule has 3 aromatic rings. The molecule has 24 heavy (non-hydrogen) atoms. The Morgan fingerprint density at radius 1 is 1.42 bits per heavy atom. The molecule has 1 unspecified atom stereocenters. The number of ether oxygens (including phenoxy) is 1. The topological polar surface area (TPSA) is 103 Å². The number of carbonyl (C=O) groups is 1. The molecule has 0 aliphatic carbocycles. The molecule has 0 radical (unpaired) electrons. The summed E-state index contributed by atoms with van der Waals surface area (Å²) in [5, 5.41) is 17.4. The van der Waals surface area contributed by atoms with Crippen LogP contribution in [-0.2, 0) is 4.79 Å². The minimum atomic E-state index is -0.880. The molecule has 0 aliphatic heterocycles. The number of hydrogen-bond donors (Lipinski definition) is 1. The molecule has 0 saturated carbocycles. The quantitative estimate of drug-likeness (QED) is 0.535. The van der Waals surface area contributed by atoms with E-state index < -0.39 is 11.2 Å². The molecule has 0 amide bonds. The molecule has 1 N–H and O–H groups in total. The summed E-state index contributed by atoms with van der Waals surface area (Å²) in [5.74, 6) is -0.189. The number of nitrogens with zero attached hydrogens (tertiary/aromatic N) is 5. The summed E-state index contributed by atoms with van der Waals surface area (Å²) in [4.78, 5) is 19.7. The van der Waals surface area contributed by atoms with E-state index in [1.165, 1.54) is 6.33 Å². The lowest BCUT2D eigenvalue weighted by molar-refractivity contribution is -0.136. The Morgan fingerprint density at radius 3 is 2.96 bits per heavy atom. The summed E-state index contributed by atoms with van der Waals surface area (Å²) >= 11 is 1.15. The molecule has 2 heterocycles. The van der Waals surface area contributed by atoms with Crippen LogP contribution in [0.25, 0.3) is 16.9 Å². The minimum Gasteiger partial charge on any atom is -0.497 e. The van der Waals surface area contributed by atoms with E-state index in [1.807, 2.05) is 31.2 Å². The average molecular weight is 345 g/mol. The van der Waals surface area contributed by atoms with Crippen LogP contribution in [0.15, 0.2) is 35.6 Å². The van der Waals surface area contributed by atoms with Gasteiger partial charge < -0.3 is 9.84 Å². The molecule has 0 fully saturated rings. The second-order valence-corrected chi connectivity index (χ2v) is 6.10. The molecule has 8 nitrogen and oxygen atoms in total. The molecule has 3 rings (SSSR count). The van der Waals surface area contributed by atoms with Crippen LogP contribution in [0.1, 0.15) is 13.3 Å². The third-order valence-corrected chi connectivity index (χ3v) is 4.74. The molecule has 0 aliphatic rings. The van der Waals surface area contributed by atoms with E-state index in [0.717, 1.165) is 17.4 Å². The van der Waals surface area contributed by atoms with Gasteiger partial charge in [0.05, 0.1) is 12.8 Å². The van der Waals surface area contributed by atoms with E-state index in [-0.39, 0.29) is 0 Å². The van der Waals surface area contributed by atoms with Crippen molar-refractivity contribution in [3.8, 4) is 11.4 Å². The van der Waals surface area contributed by atoms with Gasteiger partial charge in [0.1, 0.15) is 22.4 Å². The fourth-order valence-corrected chi connectivity index (χ4v) is 3.06. The highest BCUT2D eigenvalue weighted by molar-refractivity contribution is 8.00. The molecular formula is C15H15N5O3S. The standard InChI is InChI=1S/C15H15N5O3S/c1-3-11(15(21)22)24-14-12-13(16-8-17-14)20(19-18-12)9-5-4-6-10(7-9)23-2/h4-8,11H,3H2,1-2H3,(H,21,22). The zero-order chi connectivity index (χ0) is 17.1. The number of carboxylic acid groups (broad SMARTS) is 1. The summed E-state index contributed by atoms with van der Waals surface area (Å²) in [6.45, 7) is 1.82. The van der Waals surface area contributed by atoms with Gasteiger partial charge in [-0.15, -0.1) is 5.10 Å². The summed E-state index contributed by atoms with van der Waals surface area (Å²) in [6.07, 6.45) is 1.87. The van der Waals surface area contributed by atoms with Crippen molar-refractivity contribution in [1.29, 1.82) is 0 Å². The van der Waals surface area contributed by atoms with Crippen molar-refractivity contribution < 1.29 is 14.6 Å². The van der Waals surface area contributed by atoms with Crippen LogP contribution in [0, 0.1) is 0 Å². The molecular weight excluding hydrogens is 330 g/mol. The van der Waals surface area contributed by atoms with Gasteiger partial charge in [0, 0.05) is 6.07 Å². The van der Waals surface area contributed by atoms with Crippen LogP contribution in [0.5, 0.6) is 5.75 Å². The Hall–Kier alpha value is -2.68. The van der Waals surface area contributed by atoms with Crippen molar-refractivity contribution in [2.24, 2.45) is 0 Å². The number of carboxylic acids is 1. The zero-order valence-corrected chi connectivity index (χ0v) is 13.9. The Labute approximate surface area is 141 Å². The third-order valence-electron chi connectivity index (χ3n) is 3.40. The van der Waals surface area contributed by atoms with Gasteiger partial charge in [0.25, 0.3) is 0 Å². The number of aliphatic carboxylic acids is 1. The fraction of sp³-hybridized carbons (Fsp3) is 0.267. The van der Waals surface area contributed by atoms with Crippen LogP contribution in [0.4, 0.5) is 0 Å². The Kier molecular flexibility index (Phi) is 4.61. The highest BCUT2D eigenvalue weighted by atomic mass is 32.2. The average Bonchev–Trinajstić information content (AvgIpc) is 3.04. The smallest absolute Gasteiger partial charge is 0.317 e. The molecule has 2 aromatic heterocycles. The molecule has 0 saturated heterocycles. The predicted molar refractivity (Wildman–Crippen MR) is 88.6 cm³/mol. The molecule has 0 bridgehead atoms. The molecule has 9 heteroatoms. The van der Waals surface area contributed by atoms with Crippen molar-refractivity contribution in [3.63, 3.8) is 0 Å². The maximum Gasteiger partial charge on any atom is 0.317 e. The first-order valence-electron chi connectivity index (χ1n) is 7.24. The Balaban J connectivity index is 2.04. The normalized spacial score (nSPS) is 12.2. The monoisotopic (exact) mass is 345 g/mol. The summed E-state index contributed by atoms with van der Waals surface area (Å²) in [5.41, 5.74) is 1.74. The largest absolute Gasteiger partial charge is 0.497 e. The summed E-state index contributed by atoms with van der Waals surface area (Å²) < 4.78 is 6.79. The molecule has 124 valence electrons. The fourth-order valence-electron chi connectivity index (χ4n) is 2.17. The van der Waals surface area contributed by atoms with Crippen molar-refractivity contribution in [2.45, 2.75) is 23.6 Å². The van der Waals surface area contributed by atoms with Gasteiger partial charge in [0.2, 0.25) is 0 Å². The van der Waals surface area contributed by atoms with E-state index in [1.54, 1.807) is 11.8 Å². The maximum absolute atomic E-state index is 11.2. The SMILES string of the molecule is CCC(Sc1ncnc2c1nnn2-c1cccc(OC)c1)C(=O)O. The van der Waals surface area contributed by atoms with E-state index in [9.17, 15) is 9.90 Å². The summed E-state index contributed by atoms with van der Waals surface area (Å²) in [6, 6.07) is 7.35. The first-order chi connectivity index (χ1) is 11.6. The number of aromatic nitrogens is 5. The van der Waals surface area contributed by atoms with Gasteiger partial charge in [-0.3, -0.25) is 4.79 Å². The number of methoxy groups -OCH3 is 1. The predicted octanol–water partition coefficient (Wildman–Crippen LogP) is 2.17. The third kappa shape index (κ3) is 3.02. The second-order valence-electron chi connectivity index (χ2n) is 4.91. The Bertz CT molecular complexity index is 882. The number of benzene rings is 1. The van der Waals surface area contributed by atoms with E-state index in [2.05, 4.69) is 20.3 Å². The lowest BCUT2D eigenvalue weighted by Gasteiger charge is -2.08. The summed E-state index contributed by atoms with van der Waals surface area (Å²) in [7, 11) is 1.59. The molecule has 0 spiro atoms. The lowest BCUT2D eigenvalue weighted by atomic mass is 10.3. The van der Waals surface area contributed by atoms with E-state index >= 15 is 0 Å². The number of thioether (sulfide) groups is 1. The van der Waals surface area contributed by atoms with Crippen molar-refractivity contribution in [2.75, 3.05) is 7.11 Å². The van der Waals surface area contributed by atoms with Crippen molar-refractivity contribution in [3.05, 3.63) is 30.6 Å². The second kappa shape index (κ2) is 6.83. The van der Waals surface area contributed by atoms with Gasteiger partial charge >= 0.3 is 5.97 Å². The van der Waals surface area contributed by atoms with Gasteiger partial charge in [-0.05, 0) is 18.6 Å². The Morgan fingerprint density at radius 2 is 2.25 bits per heavy atom. The van der Waals surface area contributed by atoms with E-state index in [4.69, 9.17) is 4.74 Å². The van der Waals surface area contributed by atoms with Crippen molar-refractivity contribution in [1.82, 2.24) is 25.0 Å². The van der Waals surface area contributed by atoms with Crippen LogP contribution in [-0.4, -0.2) is 48.4 Å². The number of rotatable bonds is 6. The van der Waals surface area contributed by atoms with Gasteiger partial charge in [-0.25, -0.2) is 9.97 Å². The highest BCUT2D eigenvalue weighted by Gasteiger charge is 2.21. The van der Waals surface area contributed by atoms with Crippen LogP contribution >= 0.6 is 11.8 Å². The van der Waals surface area contributed by atoms with Crippen LogP contribution in [0.2, 0.25) is 0 Å². The highest BCUT2D eigenvalue weighted by Crippen LogP contribution is 2.29. The number of fused-ring (bicyclic) bond motifs is 1. The molecule has 1 aromatic carbocycles. The van der Waals surface area contributed by atoms with E-state index in [0.29, 0.717) is 28.4 Å². The van der Waals surface area contributed by atoms with Crippen molar-refractivity contribution >= 4 is 28.9 Å². The number of hydrogen-bond acceptors (Lipinski definition) is 7.